The fourth-order valence-electron chi connectivity index (χ4n) is 0.0853. The van der Waals surface area contributed by atoms with Crippen LogP contribution in [0.2, 0.25) is 0 Å². The highest BCUT2D eigenvalue weighted by Gasteiger charge is 1.68. The van der Waals surface area contributed by atoms with E-state index in [4.69, 9.17) is 0 Å². The molecular weight excluding hydrogens is 112 g/mol. The second-order valence-corrected chi connectivity index (χ2v) is 1.82. The van der Waals surface area contributed by atoms with E-state index >= 15 is 0 Å². The minimum atomic E-state index is 0.838. The molecule has 6 heavy (non-hydrogen) atoms. The molecule has 0 bridgehead atoms. The number of hydrogen-bond acceptors (Lipinski definition) is 2. The summed E-state index contributed by atoms with van der Waals surface area (Å²) in [5.74, 6) is 0. The van der Waals surface area contributed by atoms with E-state index in [0.29, 0.717) is 0 Å². The van der Waals surface area contributed by atoms with Crippen molar-refractivity contribution in [3.8, 4) is 0 Å². The monoisotopic (exact) mass is 117 g/mol. The molecule has 0 aromatic rings. The van der Waals surface area contributed by atoms with Crippen LogP contribution in [-0.2, 0) is 4.43 Å². The van der Waals surface area contributed by atoms with Gasteiger partial charge < -0.3 is 4.43 Å². The lowest BCUT2D eigenvalue weighted by Crippen LogP contribution is -1.66. The first-order valence-corrected chi connectivity index (χ1v) is 2.31. The molecule has 1 nitrogen and oxygen atoms in total. The van der Waals surface area contributed by atoms with Gasteiger partial charge in [0, 0.05) is 4.91 Å². The van der Waals surface area contributed by atoms with Crippen molar-refractivity contribution < 1.29 is 4.43 Å². The standard InChI is InChI=1S/C3H5OSSi/c1-3(5)2-4-6/h2,5H,1H3/b3-2+. The van der Waals surface area contributed by atoms with Gasteiger partial charge in [-0.3, -0.25) is 0 Å². The zero-order valence-electron chi connectivity index (χ0n) is 3.43. The van der Waals surface area contributed by atoms with Crippen molar-refractivity contribution in [3.05, 3.63) is 11.2 Å². The molecule has 3 radical (unpaired) electrons. The summed E-state index contributed by atoms with van der Waals surface area (Å²) in [5.41, 5.74) is 0. The molecule has 0 saturated heterocycles. The highest BCUT2D eigenvalue weighted by Crippen LogP contribution is 1.93. The molecule has 0 aromatic carbocycles. The van der Waals surface area contributed by atoms with E-state index in [1.807, 2.05) is 6.92 Å². The van der Waals surface area contributed by atoms with Gasteiger partial charge in [-0.05, 0) is 6.92 Å². The average molecular weight is 117 g/mol. The molecule has 0 unspecified atom stereocenters. The van der Waals surface area contributed by atoms with Gasteiger partial charge in [-0.1, -0.05) is 0 Å². The Hall–Kier alpha value is 0.107. The van der Waals surface area contributed by atoms with E-state index in [1.54, 1.807) is 0 Å². The summed E-state index contributed by atoms with van der Waals surface area (Å²) in [5, 5.41) is 0. The van der Waals surface area contributed by atoms with Crippen LogP contribution >= 0.6 is 12.6 Å². The van der Waals surface area contributed by atoms with Gasteiger partial charge in [-0.15, -0.1) is 12.6 Å². The fourth-order valence-corrected chi connectivity index (χ4v) is 0.414. The van der Waals surface area contributed by atoms with Crippen molar-refractivity contribution in [2.45, 2.75) is 6.92 Å². The lowest BCUT2D eigenvalue weighted by atomic mass is 10.7. The molecule has 0 fully saturated rings. The predicted octanol–water partition coefficient (Wildman–Crippen LogP) is 0.878. The maximum absolute atomic E-state index is 4.37. The van der Waals surface area contributed by atoms with Gasteiger partial charge in [0.1, 0.15) is 0 Å². The summed E-state index contributed by atoms with van der Waals surface area (Å²) >= 11 is 3.88. The van der Waals surface area contributed by atoms with Crippen molar-refractivity contribution in [3.63, 3.8) is 0 Å². The molecule has 3 heteroatoms. The van der Waals surface area contributed by atoms with Crippen LogP contribution in [0.25, 0.3) is 0 Å². The van der Waals surface area contributed by atoms with E-state index in [1.165, 1.54) is 6.26 Å². The van der Waals surface area contributed by atoms with Crippen molar-refractivity contribution in [1.82, 2.24) is 0 Å². The van der Waals surface area contributed by atoms with Gasteiger partial charge >= 0.3 is 10.5 Å². The van der Waals surface area contributed by atoms with Gasteiger partial charge in [0.15, 0.2) is 0 Å². The number of thiol groups is 1. The van der Waals surface area contributed by atoms with Crippen molar-refractivity contribution in [2.75, 3.05) is 0 Å². The first kappa shape index (κ1) is 6.11. The Bertz CT molecular complexity index is 57.8. The summed E-state index contributed by atoms with van der Waals surface area (Å²) in [7, 11) is 2.77. The zero-order valence-corrected chi connectivity index (χ0v) is 5.33. The topological polar surface area (TPSA) is 9.23 Å². The Morgan fingerprint density at radius 2 is 2.50 bits per heavy atom. The van der Waals surface area contributed by atoms with Crippen LogP contribution in [0.4, 0.5) is 0 Å². The van der Waals surface area contributed by atoms with Gasteiger partial charge in [0.05, 0.1) is 6.26 Å². The summed E-state index contributed by atoms with van der Waals surface area (Å²) in [4.78, 5) is 0.838. The lowest BCUT2D eigenvalue weighted by molar-refractivity contribution is 0.532. The molecule has 0 aromatic heterocycles. The molecule has 0 aliphatic heterocycles. The third-order valence-corrected chi connectivity index (χ3v) is 0.453. The molecule has 33 valence electrons. The van der Waals surface area contributed by atoms with E-state index in [9.17, 15) is 0 Å². The minimum absolute atomic E-state index is 0.838. The molecule has 0 N–H and O–H groups in total. The Labute approximate surface area is 46.3 Å². The van der Waals surface area contributed by atoms with Crippen molar-refractivity contribution in [2.24, 2.45) is 0 Å². The smallest absolute Gasteiger partial charge is 0.340 e. The van der Waals surface area contributed by atoms with Crippen molar-refractivity contribution in [1.29, 1.82) is 0 Å². The average Bonchev–Trinajstić information content (AvgIpc) is 1.35. The van der Waals surface area contributed by atoms with E-state index in [2.05, 4.69) is 27.5 Å². The molecule has 0 atom stereocenters. The summed E-state index contributed by atoms with van der Waals surface area (Å²) in [6.45, 7) is 1.82. The van der Waals surface area contributed by atoms with Crippen LogP contribution in [0.15, 0.2) is 11.2 Å². The van der Waals surface area contributed by atoms with Gasteiger partial charge in [-0.25, -0.2) is 0 Å². The quantitative estimate of drug-likeness (QED) is 0.305. The first-order valence-electron chi connectivity index (χ1n) is 1.45. The third-order valence-electron chi connectivity index (χ3n) is 0.229. The molecular formula is C3H5OSSi. The Morgan fingerprint density at radius 1 is 2.00 bits per heavy atom. The van der Waals surface area contributed by atoms with E-state index in [-0.39, 0.29) is 0 Å². The molecule has 0 spiro atoms. The van der Waals surface area contributed by atoms with Crippen LogP contribution in [0, 0.1) is 0 Å². The van der Waals surface area contributed by atoms with Crippen LogP contribution in [-0.4, -0.2) is 10.5 Å². The number of rotatable bonds is 1. The van der Waals surface area contributed by atoms with Gasteiger partial charge in [0.25, 0.3) is 0 Å². The van der Waals surface area contributed by atoms with Crippen LogP contribution in [0.1, 0.15) is 6.92 Å². The Kier molecular flexibility index (Phi) is 3.36. The maximum atomic E-state index is 4.37. The van der Waals surface area contributed by atoms with Crippen LogP contribution in [0.3, 0.4) is 0 Å². The summed E-state index contributed by atoms with van der Waals surface area (Å²) < 4.78 is 4.37. The number of allylic oxidation sites excluding steroid dienone is 1. The lowest BCUT2D eigenvalue weighted by Gasteiger charge is -1.84. The predicted molar refractivity (Wildman–Crippen MR) is 29.6 cm³/mol. The largest absolute Gasteiger partial charge is 0.545 e. The van der Waals surface area contributed by atoms with Crippen LogP contribution in [0.5, 0.6) is 0 Å². The Morgan fingerprint density at radius 3 is 2.50 bits per heavy atom. The molecule has 0 aliphatic carbocycles. The second-order valence-electron chi connectivity index (χ2n) is 0.877. The molecule has 0 aliphatic rings. The SMILES string of the molecule is C/C(S)=C\O[Si]. The van der Waals surface area contributed by atoms with Crippen molar-refractivity contribution >= 4 is 23.1 Å². The fraction of sp³-hybridized carbons (Fsp3) is 0.333. The third kappa shape index (κ3) is 4.11. The second kappa shape index (κ2) is 3.30. The molecule has 0 heterocycles. The highest BCUT2D eigenvalue weighted by molar-refractivity contribution is 7.84. The van der Waals surface area contributed by atoms with E-state index < -0.39 is 0 Å². The number of hydrogen-bond donors (Lipinski definition) is 1. The van der Waals surface area contributed by atoms with Gasteiger partial charge in [0.2, 0.25) is 0 Å². The molecule has 0 amide bonds. The summed E-state index contributed by atoms with van der Waals surface area (Å²) in [6, 6.07) is 0. The maximum Gasteiger partial charge on any atom is 0.340 e. The minimum Gasteiger partial charge on any atom is -0.545 e. The molecule has 0 rings (SSSR count). The zero-order chi connectivity index (χ0) is 4.99. The normalized spacial score (nSPS) is 11.5. The van der Waals surface area contributed by atoms with Gasteiger partial charge in [-0.2, -0.15) is 0 Å². The van der Waals surface area contributed by atoms with Crippen LogP contribution < -0.4 is 0 Å². The molecule has 0 saturated carbocycles. The highest BCUT2D eigenvalue weighted by atomic mass is 32.1. The summed E-state index contributed by atoms with van der Waals surface area (Å²) in [6.07, 6.45) is 1.49. The van der Waals surface area contributed by atoms with E-state index in [0.717, 1.165) is 4.91 Å². The Balaban J connectivity index is 3.14. The first-order chi connectivity index (χ1) is 2.77.